The number of amides is 2. The Balaban J connectivity index is 1.52. The molecule has 2 amide bonds. The van der Waals surface area contributed by atoms with Gasteiger partial charge in [0.1, 0.15) is 5.70 Å². The first-order valence-corrected chi connectivity index (χ1v) is 10.4. The van der Waals surface area contributed by atoms with Gasteiger partial charge in [-0.05, 0) is 67.7 Å². The van der Waals surface area contributed by atoms with Crippen molar-refractivity contribution in [3.63, 3.8) is 0 Å². The van der Waals surface area contributed by atoms with Gasteiger partial charge in [-0.3, -0.25) is 9.59 Å². The predicted octanol–water partition coefficient (Wildman–Crippen LogP) is 4.13. The van der Waals surface area contributed by atoms with Gasteiger partial charge in [0.05, 0.1) is 0 Å². The van der Waals surface area contributed by atoms with E-state index < -0.39 is 0 Å². The molecule has 0 radical (unpaired) electrons. The second-order valence-electron chi connectivity index (χ2n) is 7.65. The molecule has 0 spiro atoms. The number of rotatable bonds is 5. The van der Waals surface area contributed by atoms with E-state index in [9.17, 15) is 9.59 Å². The van der Waals surface area contributed by atoms with E-state index in [-0.39, 0.29) is 17.9 Å². The van der Waals surface area contributed by atoms with Crippen molar-refractivity contribution >= 4 is 29.2 Å². The van der Waals surface area contributed by atoms with Crippen molar-refractivity contribution in [3.8, 4) is 0 Å². The lowest BCUT2D eigenvalue weighted by molar-refractivity contribution is -0.118. The minimum atomic E-state index is -0.260. The molecule has 27 heavy (non-hydrogen) atoms. The quantitative estimate of drug-likeness (QED) is 0.766. The lowest BCUT2D eigenvalue weighted by Gasteiger charge is -2.23. The molecule has 0 saturated heterocycles. The summed E-state index contributed by atoms with van der Waals surface area (Å²) < 4.78 is 0. The first-order chi connectivity index (χ1) is 13.1. The van der Waals surface area contributed by atoms with Crippen LogP contribution in [0.1, 0.15) is 46.5 Å². The number of fused-ring (bicyclic) bond motifs is 2. The van der Waals surface area contributed by atoms with Crippen LogP contribution in [-0.4, -0.2) is 17.9 Å². The van der Waals surface area contributed by atoms with Gasteiger partial charge in [0, 0.05) is 16.5 Å². The van der Waals surface area contributed by atoms with Crippen LogP contribution in [0, 0.1) is 18.8 Å². The third kappa shape index (κ3) is 4.14. The van der Waals surface area contributed by atoms with E-state index in [2.05, 4.69) is 10.6 Å². The summed E-state index contributed by atoms with van der Waals surface area (Å²) in [5.74, 6) is 0.896. The highest BCUT2D eigenvalue weighted by atomic mass is 32.1. The molecule has 1 heterocycles. The minimum Gasteiger partial charge on any atom is -0.348 e. The Morgan fingerprint density at radius 3 is 2.70 bits per heavy atom. The summed E-state index contributed by atoms with van der Waals surface area (Å²) in [5, 5.41) is 7.97. The van der Waals surface area contributed by atoms with Crippen LogP contribution in [0.25, 0.3) is 6.08 Å². The Bertz CT molecular complexity index is 872. The molecule has 4 rings (SSSR count). The van der Waals surface area contributed by atoms with Crippen molar-refractivity contribution in [2.75, 3.05) is 0 Å². The van der Waals surface area contributed by atoms with Gasteiger partial charge in [0.2, 0.25) is 0 Å². The van der Waals surface area contributed by atoms with E-state index in [1.807, 2.05) is 42.6 Å². The Morgan fingerprint density at radius 1 is 1.15 bits per heavy atom. The fraction of sp³-hybridized carbons (Fsp3) is 0.364. The standard InChI is InChI=1S/C22H24N2O2S/c1-14-4-2-5-17(10-14)21(25)24-20(13-18-6-3-9-27-18)22(26)23-19-12-15-7-8-16(19)11-15/h2-6,9-10,13,15-16,19H,7-8,11-12H2,1H3,(H,23,26)(H,24,25)/b20-13-/t15-,16-,19+/m0/s1. The summed E-state index contributed by atoms with van der Waals surface area (Å²) in [7, 11) is 0. The number of hydrogen-bond donors (Lipinski definition) is 2. The summed E-state index contributed by atoms with van der Waals surface area (Å²) in [6, 6.07) is 11.5. The normalized spacial score (nSPS) is 24.0. The molecule has 2 fully saturated rings. The fourth-order valence-electron chi connectivity index (χ4n) is 4.32. The smallest absolute Gasteiger partial charge is 0.268 e. The highest BCUT2D eigenvalue weighted by Gasteiger charge is 2.40. The molecular formula is C22H24N2O2S. The van der Waals surface area contributed by atoms with Crippen LogP contribution < -0.4 is 10.6 Å². The second kappa shape index (κ2) is 7.69. The van der Waals surface area contributed by atoms with Gasteiger partial charge < -0.3 is 10.6 Å². The van der Waals surface area contributed by atoms with Crippen LogP contribution in [0.15, 0.2) is 47.5 Å². The van der Waals surface area contributed by atoms with Crippen LogP contribution in [0.2, 0.25) is 0 Å². The van der Waals surface area contributed by atoms with Crippen molar-refractivity contribution in [2.45, 2.75) is 38.6 Å². The summed E-state index contributed by atoms with van der Waals surface area (Å²) in [5.41, 5.74) is 1.88. The zero-order chi connectivity index (χ0) is 18.8. The van der Waals surface area contributed by atoms with Gasteiger partial charge in [0.15, 0.2) is 0 Å². The van der Waals surface area contributed by atoms with Gasteiger partial charge in [0.25, 0.3) is 11.8 Å². The molecule has 5 heteroatoms. The summed E-state index contributed by atoms with van der Waals surface area (Å²) in [4.78, 5) is 26.6. The number of nitrogens with one attached hydrogen (secondary N) is 2. The fourth-order valence-corrected chi connectivity index (χ4v) is 4.98. The van der Waals surface area contributed by atoms with Gasteiger partial charge in [-0.2, -0.15) is 0 Å². The van der Waals surface area contributed by atoms with Crippen molar-refractivity contribution in [1.29, 1.82) is 0 Å². The van der Waals surface area contributed by atoms with Crippen molar-refractivity contribution in [2.24, 2.45) is 11.8 Å². The Hall–Kier alpha value is -2.40. The van der Waals surface area contributed by atoms with Crippen molar-refractivity contribution < 1.29 is 9.59 Å². The van der Waals surface area contributed by atoms with Crippen molar-refractivity contribution in [1.82, 2.24) is 10.6 Å². The molecule has 2 bridgehead atoms. The molecule has 2 aliphatic rings. The van der Waals surface area contributed by atoms with Gasteiger partial charge in [-0.25, -0.2) is 0 Å². The average molecular weight is 381 g/mol. The minimum absolute atomic E-state index is 0.193. The average Bonchev–Trinajstić information content (AvgIpc) is 3.39. The summed E-state index contributed by atoms with van der Waals surface area (Å²) in [6.07, 6.45) is 6.55. The van der Waals surface area contributed by atoms with Crippen LogP contribution in [0.4, 0.5) is 0 Å². The third-order valence-corrected chi connectivity index (χ3v) is 6.48. The molecule has 0 aliphatic heterocycles. The predicted molar refractivity (Wildman–Crippen MR) is 108 cm³/mol. The number of aryl methyl sites for hydroxylation is 1. The number of carbonyl (C=O) groups excluding carboxylic acids is 2. The molecule has 2 aliphatic carbocycles. The molecule has 2 saturated carbocycles. The maximum absolute atomic E-state index is 12.9. The second-order valence-corrected chi connectivity index (χ2v) is 8.63. The molecule has 140 valence electrons. The third-order valence-electron chi connectivity index (χ3n) is 5.66. The van der Waals surface area contributed by atoms with E-state index >= 15 is 0 Å². The molecule has 1 aromatic carbocycles. The van der Waals surface area contributed by atoms with Gasteiger partial charge in [-0.1, -0.05) is 30.2 Å². The van der Waals surface area contributed by atoms with E-state index in [1.54, 1.807) is 23.5 Å². The van der Waals surface area contributed by atoms with Crippen LogP contribution in [0.5, 0.6) is 0 Å². The molecule has 0 unspecified atom stereocenters. The molecule has 2 N–H and O–H groups in total. The van der Waals surface area contributed by atoms with Crippen LogP contribution in [0.3, 0.4) is 0 Å². The topological polar surface area (TPSA) is 58.2 Å². The summed E-state index contributed by atoms with van der Waals surface area (Å²) >= 11 is 1.54. The van der Waals surface area contributed by atoms with E-state index in [0.29, 0.717) is 17.2 Å². The lowest BCUT2D eigenvalue weighted by atomic mass is 9.95. The monoisotopic (exact) mass is 380 g/mol. The lowest BCUT2D eigenvalue weighted by Crippen LogP contribution is -2.42. The maximum atomic E-state index is 12.9. The number of benzene rings is 1. The first-order valence-electron chi connectivity index (χ1n) is 9.52. The SMILES string of the molecule is Cc1cccc(C(=O)N/C(=C\c2cccs2)C(=O)N[C@@H]2C[C@H]3CC[C@H]2C3)c1. The zero-order valence-corrected chi connectivity index (χ0v) is 16.2. The number of hydrogen-bond acceptors (Lipinski definition) is 3. The maximum Gasteiger partial charge on any atom is 0.268 e. The van der Waals surface area contributed by atoms with E-state index in [1.165, 1.54) is 19.3 Å². The van der Waals surface area contributed by atoms with Crippen molar-refractivity contribution in [3.05, 3.63) is 63.5 Å². The number of thiophene rings is 1. The Kier molecular flexibility index (Phi) is 5.12. The van der Waals surface area contributed by atoms with E-state index in [4.69, 9.17) is 0 Å². The highest BCUT2D eigenvalue weighted by Crippen LogP contribution is 2.44. The molecule has 2 aromatic rings. The Labute approximate surface area is 163 Å². The highest BCUT2D eigenvalue weighted by molar-refractivity contribution is 7.10. The van der Waals surface area contributed by atoms with Gasteiger partial charge >= 0.3 is 0 Å². The Morgan fingerprint density at radius 2 is 2.04 bits per heavy atom. The van der Waals surface area contributed by atoms with Crippen LogP contribution >= 0.6 is 11.3 Å². The van der Waals surface area contributed by atoms with E-state index in [0.717, 1.165) is 22.8 Å². The first kappa shape index (κ1) is 18.0. The largest absolute Gasteiger partial charge is 0.348 e. The summed E-state index contributed by atoms with van der Waals surface area (Å²) in [6.45, 7) is 1.95. The zero-order valence-electron chi connectivity index (χ0n) is 15.4. The van der Waals surface area contributed by atoms with Crippen LogP contribution in [-0.2, 0) is 4.79 Å². The van der Waals surface area contributed by atoms with Gasteiger partial charge in [-0.15, -0.1) is 11.3 Å². The molecule has 4 nitrogen and oxygen atoms in total. The molecular weight excluding hydrogens is 356 g/mol. The molecule has 3 atom stereocenters. The molecule has 1 aromatic heterocycles. The number of carbonyl (C=O) groups is 2.